The molecule has 0 aliphatic carbocycles. The van der Waals surface area contributed by atoms with Crippen LogP contribution in [0.5, 0.6) is 5.75 Å². The highest BCUT2D eigenvalue weighted by molar-refractivity contribution is 5.91. The highest BCUT2D eigenvalue weighted by atomic mass is 16.5. The van der Waals surface area contributed by atoms with Crippen molar-refractivity contribution < 1.29 is 14.6 Å². The summed E-state index contributed by atoms with van der Waals surface area (Å²) in [6, 6.07) is 14.3. The van der Waals surface area contributed by atoms with E-state index in [2.05, 4.69) is 5.32 Å². The van der Waals surface area contributed by atoms with Gasteiger partial charge in [-0.15, -0.1) is 0 Å². The van der Waals surface area contributed by atoms with Gasteiger partial charge < -0.3 is 20.9 Å². The van der Waals surface area contributed by atoms with Crippen LogP contribution < -0.4 is 15.8 Å². The van der Waals surface area contributed by atoms with E-state index in [-0.39, 0.29) is 19.1 Å². The van der Waals surface area contributed by atoms with Gasteiger partial charge in [-0.1, -0.05) is 24.3 Å². The van der Waals surface area contributed by atoms with Crippen LogP contribution in [-0.4, -0.2) is 17.6 Å². The molecule has 4 N–H and O–H groups in total. The molecule has 0 fully saturated rings. The Labute approximate surface area is 123 Å². The Hall–Kier alpha value is -2.37. The molecule has 0 bridgehead atoms. The Morgan fingerprint density at radius 2 is 1.90 bits per heavy atom. The number of anilines is 1. The molecule has 2 aromatic rings. The van der Waals surface area contributed by atoms with Gasteiger partial charge in [0.1, 0.15) is 5.75 Å². The zero-order chi connectivity index (χ0) is 15.1. The first-order chi connectivity index (χ1) is 10.2. The van der Waals surface area contributed by atoms with Crippen molar-refractivity contribution >= 4 is 11.6 Å². The van der Waals surface area contributed by atoms with E-state index in [0.29, 0.717) is 18.0 Å². The van der Waals surface area contributed by atoms with Gasteiger partial charge in [-0.3, -0.25) is 4.79 Å². The summed E-state index contributed by atoms with van der Waals surface area (Å²) in [7, 11) is 0. The summed E-state index contributed by atoms with van der Waals surface area (Å²) in [6.45, 7) is 0.269. The fourth-order valence-electron chi connectivity index (χ4n) is 1.86. The molecule has 2 rings (SSSR count). The Balaban J connectivity index is 1.89. The molecule has 0 radical (unpaired) electrons. The minimum Gasteiger partial charge on any atom is -0.484 e. The first-order valence-corrected chi connectivity index (χ1v) is 6.62. The summed E-state index contributed by atoms with van der Waals surface area (Å²) in [4.78, 5) is 11.8. The van der Waals surface area contributed by atoms with Crippen LogP contribution in [0, 0.1) is 0 Å². The van der Waals surface area contributed by atoms with E-state index in [4.69, 9.17) is 15.6 Å². The van der Waals surface area contributed by atoms with Crippen LogP contribution in [0.2, 0.25) is 0 Å². The maximum atomic E-state index is 11.8. The molecule has 0 unspecified atom stereocenters. The number of hydrogen-bond acceptors (Lipinski definition) is 4. The molecular formula is C16H18N2O3. The molecule has 110 valence electrons. The monoisotopic (exact) mass is 286 g/mol. The van der Waals surface area contributed by atoms with E-state index in [1.165, 1.54) is 0 Å². The predicted octanol–water partition coefficient (Wildman–Crippen LogP) is 1.66. The fourth-order valence-corrected chi connectivity index (χ4v) is 1.86. The SMILES string of the molecule is NCc1cccc(NC(=O)COc2cccc(CO)c2)c1. The lowest BCUT2D eigenvalue weighted by atomic mass is 10.2. The van der Waals surface area contributed by atoms with Crippen LogP contribution in [0.25, 0.3) is 0 Å². The molecule has 21 heavy (non-hydrogen) atoms. The van der Waals surface area contributed by atoms with Crippen LogP contribution in [0.4, 0.5) is 5.69 Å². The molecule has 0 aliphatic heterocycles. The largest absolute Gasteiger partial charge is 0.484 e. The van der Waals surface area contributed by atoms with Gasteiger partial charge in [-0.25, -0.2) is 0 Å². The average molecular weight is 286 g/mol. The number of aliphatic hydroxyl groups excluding tert-OH is 1. The Kier molecular flexibility index (Phi) is 5.31. The number of amides is 1. The first-order valence-electron chi connectivity index (χ1n) is 6.62. The smallest absolute Gasteiger partial charge is 0.262 e. The first kappa shape index (κ1) is 15.0. The fraction of sp³-hybridized carbons (Fsp3) is 0.188. The Morgan fingerprint density at radius 1 is 1.14 bits per heavy atom. The van der Waals surface area contributed by atoms with Crippen molar-refractivity contribution in [1.82, 2.24) is 0 Å². The topological polar surface area (TPSA) is 84.6 Å². The molecule has 5 nitrogen and oxygen atoms in total. The standard InChI is InChI=1S/C16H18N2O3/c17-9-12-3-1-5-14(7-12)18-16(20)11-21-15-6-2-4-13(8-15)10-19/h1-8,19H,9-11,17H2,(H,18,20). The second-order valence-corrected chi connectivity index (χ2v) is 4.55. The Bertz CT molecular complexity index is 614. The maximum Gasteiger partial charge on any atom is 0.262 e. The van der Waals surface area contributed by atoms with Crippen molar-refractivity contribution in [3.8, 4) is 5.75 Å². The van der Waals surface area contributed by atoms with E-state index in [9.17, 15) is 4.79 Å². The van der Waals surface area contributed by atoms with Gasteiger partial charge in [0.25, 0.3) is 5.91 Å². The van der Waals surface area contributed by atoms with Crippen molar-refractivity contribution in [1.29, 1.82) is 0 Å². The van der Waals surface area contributed by atoms with E-state index in [0.717, 1.165) is 11.1 Å². The molecule has 5 heteroatoms. The minimum atomic E-state index is -0.251. The third kappa shape index (κ3) is 4.59. The lowest BCUT2D eigenvalue weighted by molar-refractivity contribution is -0.118. The van der Waals surface area contributed by atoms with E-state index in [1.54, 1.807) is 30.3 Å². The van der Waals surface area contributed by atoms with Gasteiger partial charge in [0.2, 0.25) is 0 Å². The lowest BCUT2D eigenvalue weighted by Gasteiger charge is -2.09. The molecule has 0 aliphatic rings. The summed E-state index contributed by atoms with van der Waals surface area (Å²) < 4.78 is 5.39. The number of ether oxygens (including phenoxy) is 1. The van der Waals surface area contributed by atoms with Crippen molar-refractivity contribution in [3.63, 3.8) is 0 Å². The maximum absolute atomic E-state index is 11.8. The number of carbonyl (C=O) groups is 1. The number of rotatable bonds is 6. The molecule has 2 aromatic carbocycles. The zero-order valence-corrected chi connectivity index (χ0v) is 11.6. The summed E-state index contributed by atoms with van der Waals surface area (Å²) in [5, 5.41) is 11.8. The number of hydrogen-bond donors (Lipinski definition) is 3. The van der Waals surface area contributed by atoms with Gasteiger partial charge in [-0.2, -0.15) is 0 Å². The normalized spacial score (nSPS) is 10.2. The number of aliphatic hydroxyl groups is 1. The average Bonchev–Trinajstić information content (AvgIpc) is 2.53. The zero-order valence-electron chi connectivity index (χ0n) is 11.6. The van der Waals surface area contributed by atoms with E-state index in [1.807, 2.05) is 18.2 Å². The Morgan fingerprint density at radius 3 is 2.67 bits per heavy atom. The summed E-state index contributed by atoms with van der Waals surface area (Å²) >= 11 is 0. The van der Waals surface area contributed by atoms with Crippen molar-refractivity contribution in [2.45, 2.75) is 13.2 Å². The van der Waals surface area contributed by atoms with E-state index < -0.39 is 0 Å². The molecule has 0 aromatic heterocycles. The number of benzene rings is 2. The van der Waals surface area contributed by atoms with Gasteiger partial charge >= 0.3 is 0 Å². The molecule has 0 saturated carbocycles. The lowest BCUT2D eigenvalue weighted by Crippen LogP contribution is -2.20. The predicted molar refractivity (Wildman–Crippen MR) is 80.8 cm³/mol. The summed E-state index contributed by atoms with van der Waals surface area (Å²) in [5.41, 5.74) is 7.93. The van der Waals surface area contributed by atoms with E-state index >= 15 is 0 Å². The quantitative estimate of drug-likeness (QED) is 0.754. The van der Waals surface area contributed by atoms with Crippen molar-refractivity contribution in [3.05, 3.63) is 59.7 Å². The molecule has 0 saturated heterocycles. The highest BCUT2D eigenvalue weighted by Crippen LogP contribution is 2.14. The van der Waals surface area contributed by atoms with Crippen LogP contribution >= 0.6 is 0 Å². The van der Waals surface area contributed by atoms with Crippen LogP contribution in [0.3, 0.4) is 0 Å². The second kappa shape index (κ2) is 7.42. The van der Waals surface area contributed by atoms with Crippen molar-refractivity contribution in [2.24, 2.45) is 5.73 Å². The van der Waals surface area contributed by atoms with Crippen LogP contribution in [-0.2, 0) is 17.9 Å². The summed E-state index contributed by atoms with van der Waals surface area (Å²) in [6.07, 6.45) is 0. The third-order valence-electron chi connectivity index (χ3n) is 2.90. The third-order valence-corrected chi connectivity index (χ3v) is 2.90. The summed E-state index contributed by atoms with van der Waals surface area (Å²) in [5.74, 6) is 0.297. The van der Waals surface area contributed by atoms with Crippen LogP contribution in [0.15, 0.2) is 48.5 Å². The van der Waals surface area contributed by atoms with Gasteiger partial charge in [-0.05, 0) is 35.4 Å². The van der Waals surface area contributed by atoms with Crippen molar-refractivity contribution in [2.75, 3.05) is 11.9 Å². The van der Waals surface area contributed by atoms with Gasteiger partial charge in [0.05, 0.1) is 6.61 Å². The van der Waals surface area contributed by atoms with Crippen LogP contribution in [0.1, 0.15) is 11.1 Å². The number of nitrogens with one attached hydrogen (secondary N) is 1. The number of nitrogens with two attached hydrogens (primary N) is 1. The molecular weight excluding hydrogens is 268 g/mol. The van der Waals surface area contributed by atoms with Gasteiger partial charge in [0, 0.05) is 12.2 Å². The molecule has 1 amide bonds. The molecule has 0 spiro atoms. The van der Waals surface area contributed by atoms with Gasteiger partial charge in [0.15, 0.2) is 6.61 Å². The minimum absolute atomic E-state index is 0.0602. The second-order valence-electron chi connectivity index (χ2n) is 4.55. The number of carbonyl (C=O) groups excluding carboxylic acids is 1. The highest BCUT2D eigenvalue weighted by Gasteiger charge is 2.04. The molecule has 0 atom stereocenters. The molecule has 0 heterocycles.